The largest absolute Gasteiger partial charge is 0.488 e. The Bertz CT molecular complexity index is 1360. The third kappa shape index (κ3) is 5.13. The van der Waals surface area contributed by atoms with E-state index in [1.807, 2.05) is 67.9 Å². The maximum Gasteiger partial charge on any atom is 0.410 e. The molecule has 1 fully saturated rings. The van der Waals surface area contributed by atoms with Crippen LogP contribution < -0.4 is 10.5 Å². The summed E-state index contributed by atoms with van der Waals surface area (Å²) in [5.74, 6) is 1.21. The van der Waals surface area contributed by atoms with Gasteiger partial charge in [-0.3, -0.25) is 0 Å². The Morgan fingerprint density at radius 1 is 1.17 bits per heavy atom. The molecule has 1 aromatic carbocycles. The van der Waals surface area contributed by atoms with Crippen molar-refractivity contribution >= 4 is 34.3 Å². The van der Waals surface area contributed by atoms with E-state index >= 15 is 0 Å². The van der Waals surface area contributed by atoms with Crippen LogP contribution in [0.4, 0.5) is 10.6 Å². The Labute approximate surface area is 213 Å². The molecule has 1 aliphatic rings. The molecule has 36 heavy (non-hydrogen) atoms. The Balaban J connectivity index is 1.42. The van der Waals surface area contributed by atoms with Crippen LogP contribution in [-0.2, 0) is 11.3 Å². The summed E-state index contributed by atoms with van der Waals surface area (Å²) >= 11 is 1.60. The van der Waals surface area contributed by atoms with Gasteiger partial charge in [0.1, 0.15) is 35.8 Å². The molecule has 1 aliphatic heterocycles. The fourth-order valence-electron chi connectivity index (χ4n) is 4.32. The number of nitrogens with zero attached hydrogens (tertiary/aromatic N) is 5. The molecule has 1 saturated heterocycles. The van der Waals surface area contributed by atoms with Gasteiger partial charge in [0, 0.05) is 18.0 Å². The van der Waals surface area contributed by atoms with Crippen molar-refractivity contribution in [2.45, 2.75) is 51.9 Å². The van der Waals surface area contributed by atoms with Crippen molar-refractivity contribution in [3.63, 3.8) is 0 Å². The Kier molecular flexibility index (Phi) is 6.53. The summed E-state index contributed by atoms with van der Waals surface area (Å²) in [6.45, 7) is 7.24. The number of nitrogens with two attached hydrogens (primary N) is 1. The van der Waals surface area contributed by atoms with Crippen LogP contribution in [0.2, 0.25) is 0 Å². The number of hydrogen-bond acceptors (Lipinski definition) is 8. The molecule has 188 valence electrons. The van der Waals surface area contributed by atoms with Crippen molar-refractivity contribution in [3.8, 4) is 16.3 Å². The number of carbonyl (C=O) groups excluding carboxylic acids is 1. The number of carbonyl (C=O) groups is 1. The molecule has 5 rings (SSSR count). The van der Waals surface area contributed by atoms with Gasteiger partial charge in [-0.2, -0.15) is 5.10 Å². The lowest BCUT2D eigenvalue weighted by Gasteiger charge is -2.34. The molecule has 0 spiro atoms. The minimum absolute atomic E-state index is 0.0438. The molecule has 0 saturated carbocycles. The zero-order valence-corrected chi connectivity index (χ0v) is 21.5. The van der Waals surface area contributed by atoms with Crippen molar-refractivity contribution in [1.29, 1.82) is 0 Å². The number of amides is 1. The monoisotopic (exact) mass is 506 g/mol. The number of nitrogen functional groups attached to an aromatic ring is 1. The average Bonchev–Trinajstić information content (AvgIpc) is 3.48. The Morgan fingerprint density at radius 2 is 1.97 bits per heavy atom. The maximum atomic E-state index is 12.7. The van der Waals surface area contributed by atoms with Gasteiger partial charge in [-0.1, -0.05) is 18.2 Å². The standard InChI is InChI=1S/C26H30N6O3S/c1-26(2,3)35-25(33)31-13-7-8-17(14-31)32-24-21(23(27)28-16-29-24)22(30-32)20-12-11-19(36-20)15-34-18-9-5-4-6-10-18/h4-6,9-12,16-17H,7-8,13-15H2,1-3H3,(H2,27,28,29). The number of piperidine rings is 1. The number of benzene rings is 1. The maximum absolute atomic E-state index is 12.7. The summed E-state index contributed by atoms with van der Waals surface area (Å²) in [6, 6.07) is 13.8. The summed E-state index contributed by atoms with van der Waals surface area (Å²) in [4.78, 5) is 25.3. The number of fused-ring (bicyclic) bond motifs is 1. The fraction of sp³-hybridized carbons (Fsp3) is 0.385. The predicted octanol–water partition coefficient (Wildman–Crippen LogP) is 5.29. The van der Waals surface area contributed by atoms with E-state index in [9.17, 15) is 4.79 Å². The number of para-hydroxylation sites is 1. The SMILES string of the molecule is CC(C)(C)OC(=O)N1CCCC(n2nc(-c3ccc(COc4ccccc4)s3)c3c(N)ncnc32)C1. The number of ether oxygens (including phenoxy) is 2. The van der Waals surface area contributed by atoms with Crippen molar-refractivity contribution in [2.75, 3.05) is 18.8 Å². The van der Waals surface area contributed by atoms with Gasteiger partial charge < -0.3 is 20.1 Å². The molecule has 0 aliphatic carbocycles. The van der Waals surface area contributed by atoms with Gasteiger partial charge >= 0.3 is 6.09 Å². The zero-order chi connectivity index (χ0) is 25.3. The van der Waals surface area contributed by atoms with Crippen molar-refractivity contribution in [1.82, 2.24) is 24.6 Å². The lowest BCUT2D eigenvalue weighted by molar-refractivity contribution is 0.0169. The average molecular weight is 507 g/mol. The molecule has 4 heterocycles. The van der Waals surface area contributed by atoms with Crippen LogP contribution in [0.15, 0.2) is 48.8 Å². The lowest BCUT2D eigenvalue weighted by Crippen LogP contribution is -2.43. The van der Waals surface area contributed by atoms with E-state index in [-0.39, 0.29) is 12.1 Å². The minimum Gasteiger partial charge on any atom is -0.488 e. The number of rotatable bonds is 5. The second-order valence-electron chi connectivity index (χ2n) is 9.84. The predicted molar refractivity (Wildman–Crippen MR) is 140 cm³/mol. The molecule has 3 aromatic heterocycles. The number of anilines is 1. The quantitative estimate of drug-likeness (QED) is 0.392. The molecule has 0 bridgehead atoms. The summed E-state index contributed by atoms with van der Waals surface area (Å²) in [5, 5.41) is 5.70. The lowest BCUT2D eigenvalue weighted by atomic mass is 10.1. The number of likely N-dealkylation sites (tertiary alicyclic amines) is 1. The molecule has 0 radical (unpaired) electrons. The van der Waals surface area contributed by atoms with Crippen LogP contribution in [0.25, 0.3) is 21.6 Å². The number of thiophene rings is 1. The summed E-state index contributed by atoms with van der Waals surface area (Å²) in [7, 11) is 0. The third-order valence-electron chi connectivity index (χ3n) is 5.93. The fourth-order valence-corrected chi connectivity index (χ4v) is 5.24. The van der Waals surface area contributed by atoms with Crippen LogP contribution >= 0.6 is 11.3 Å². The molecule has 10 heteroatoms. The van der Waals surface area contributed by atoms with E-state index in [0.29, 0.717) is 31.2 Å². The summed E-state index contributed by atoms with van der Waals surface area (Å²) in [6.07, 6.45) is 2.88. The van der Waals surface area contributed by atoms with Crippen LogP contribution in [0.1, 0.15) is 44.5 Å². The molecular formula is C26H30N6O3S. The summed E-state index contributed by atoms with van der Waals surface area (Å²) in [5.41, 5.74) is 7.19. The van der Waals surface area contributed by atoms with Gasteiger partial charge in [0.15, 0.2) is 5.65 Å². The minimum atomic E-state index is -0.543. The van der Waals surface area contributed by atoms with Crippen molar-refractivity contribution in [2.24, 2.45) is 0 Å². The number of hydrogen-bond donors (Lipinski definition) is 1. The Morgan fingerprint density at radius 3 is 2.75 bits per heavy atom. The van der Waals surface area contributed by atoms with E-state index in [4.69, 9.17) is 20.3 Å². The van der Waals surface area contributed by atoms with Crippen LogP contribution in [-0.4, -0.2) is 49.4 Å². The van der Waals surface area contributed by atoms with E-state index in [1.54, 1.807) is 16.2 Å². The number of aromatic nitrogens is 4. The first-order valence-electron chi connectivity index (χ1n) is 12.0. The topological polar surface area (TPSA) is 108 Å². The highest BCUT2D eigenvalue weighted by atomic mass is 32.1. The van der Waals surface area contributed by atoms with Crippen LogP contribution in [0.5, 0.6) is 5.75 Å². The second kappa shape index (κ2) is 9.77. The highest BCUT2D eigenvalue weighted by Crippen LogP contribution is 2.37. The first kappa shape index (κ1) is 24.1. The first-order chi connectivity index (χ1) is 17.3. The highest BCUT2D eigenvalue weighted by molar-refractivity contribution is 7.15. The van der Waals surface area contributed by atoms with E-state index in [1.165, 1.54) is 6.33 Å². The molecule has 1 unspecified atom stereocenters. The normalized spacial score (nSPS) is 16.3. The molecule has 9 nitrogen and oxygen atoms in total. The Hall–Kier alpha value is -3.66. The van der Waals surface area contributed by atoms with Gasteiger partial charge in [0.25, 0.3) is 0 Å². The van der Waals surface area contributed by atoms with E-state index < -0.39 is 5.60 Å². The smallest absolute Gasteiger partial charge is 0.410 e. The second-order valence-corrected chi connectivity index (χ2v) is 11.0. The van der Waals surface area contributed by atoms with Gasteiger partial charge in [-0.05, 0) is 57.9 Å². The highest BCUT2D eigenvalue weighted by Gasteiger charge is 2.31. The third-order valence-corrected chi connectivity index (χ3v) is 7.00. The summed E-state index contributed by atoms with van der Waals surface area (Å²) < 4.78 is 13.4. The first-order valence-corrected chi connectivity index (χ1v) is 12.8. The molecule has 2 N–H and O–H groups in total. The van der Waals surface area contributed by atoms with Crippen LogP contribution in [0, 0.1) is 0 Å². The molecule has 1 amide bonds. The van der Waals surface area contributed by atoms with Gasteiger partial charge in [-0.25, -0.2) is 19.4 Å². The van der Waals surface area contributed by atoms with Crippen molar-refractivity contribution < 1.29 is 14.3 Å². The van der Waals surface area contributed by atoms with Crippen LogP contribution in [0.3, 0.4) is 0 Å². The van der Waals surface area contributed by atoms with E-state index in [2.05, 4.69) is 9.97 Å². The zero-order valence-electron chi connectivity index (χ0n) is 20.7. The molecular weight excluding hydrogens is 476 g/mol. The van der Waals surface area contributed by atoms with Gasteiger partial charge in [-0.15, -0.1) is 11.3 Å². The van der Waals surface area contributed by atoms with Gasteiger partial charge in [0.2, 0.25) is 0 Å². The van der Waals surface area contributed by atoms with Crippen molar-refractivity contribution in [3.05, 3.63) is 53.7 Å². The molecule has 1 atom stereocenters. The van der Waals surface area contributed by atoms with Gasteiger partial charge in [0.05, 0.1) is 16.3 Å². The van der Waals surface area contributed by atoms with E-state index in [0.717, 1.165) is 39.4 Å². The molecule has 4 aromatic rings.